The number of hydrogen-bond acceptors (Lipinski definition) is 4. The molecule has 0 aliphatic heterocycles. The van der Waals surface area contributed by atoms with Gasteiger partial charge in [0.2, 0.25) is 5.88 Å². The summed E-state index contributed by atoms with van der Waals surface area (Å²) < 4.78 is 5.36. The Morgan fingerprint density at radius 1 is 1.35 bits per heavy atom. The molecule has 0 aliphatic rings. The lowest BCUT2D eigenvalue weighted by atomic mass is 10.2. The van der Waals surface area contributed by atoms with E-state index in [1.165, 1.54) is 0 Å². The number of ether oxygens (including phenoxy) is 1. The van der Waals surface area contributed by atoms with E-state index in [2.05, 4.69) is 29.4 Å². The van der Waals surface area contributed by atoms with E-state index in [0.29, 0.717) is 18.4 Å². The van der Waals surface area contributed by atoms with Crippen LogP contribution in [0.2, 0.25) is 0 Å². The fraction of sp³-hybridized carbons (Fsp3) is 0.538. The first-order chi connectivity index (χ1) is 8.22. The van der Waals surface area contributed by atoms with Gasteiger partial charge in [-0.15, -0.1) is 5.10 Å². The van der Waals surface area contributed by atoms with Gasteiger partial charge in [0.25, 0.3) is 0 Å². The van der Waals surface area contributed by atoms with Crippen molar-refractivity contribution in [1.29, 1.82) is 0 Å². The van der Waals surface area contributed by atoms with Crippen LogP contribution in [0.5, 0.6) is 5.88 Å². The summed E-state index contributed by atoms with van der Waals surface area (Å²) in [5.41, 5.74) is 0.934. The monoisotopic (exact) mass is 235 g/mol. The zero-order chi connectivity index (χ0) is 12.5. The Balaban J connectivity index is 2.34. The summed E-state index contributed by atoms with van der Waals surface area (Å²) in [6, 6.07) is 3.79. The summed E-state index contributed by atoms with van der Waals surface area (Å²) in [7, 11) is 0. The van der Waals surface area contributed by atoms with E-state index in [1.54, 1.807) is 0 Å². The third kappa shape index (κ3) is 6.02. The molecule has 1 aromatic heterocycles. The predicted molar refractivity (Wildman–Crippen MR) is 68.9 cm³/mol. The number of nitrogens with zero attached hydrogens (tertiary/aromatic N) is 2. The van der Waals surface area contributed by atoms with Gasteiger partial charge in [-0.1, -0.05) is 26.0 Å². The van der Waals surface area contributed by atoms with Crippen LogP contribution in [0, 0.1) is 5.92 Å². The van der Waals surface area contributed by atoms with Gasteiger partial charge in [-0.05, 0) is 25.5 Å². The Morgan fingerprint density at radius 2 is 2.18 bits per heavy atom. The molecule has 17 heavy (non-hydrogen) atoms. The number of hydrogen-bond donors (Lipinski definition) is 1. The third-order valence-corrected chi connectivity index (χ3v) is 2.12. The maximum Gasteiger partial charge on any atom is 0.233 e. The molecule has 0 spiro atoms. The van der Waals surface area contributed by atoms with Crippen LogP contribution in [0.4, 0.5) is 0 Å². The molecule has 0 bridgehead atoms. The van der Waals surface area contributed by atoms with Crippen molar-refractivity contribution >= 4 is 0 Å². The highest BCUT2D eigenvalue weighted by atomic mass is 16.5. The molecule has 0 amide bonds. The second kappa shape index (κ2) is 7.79. The number of aromatic nitrogens is 2. The normalized spacial score (nSPS) is 11.3. The largest absolute Gasteiger partial charge is 0.472 e. The molecule has 0 saturated carbocycles. The average molecular weight is 235 g/mol. The Kier molecular flexibility index (Phi) is 6.25. The first-order valence-corrected chi connectivity index (χ1v) is 5.99. The van der Waals surface area contributed by atoms with Gasteiger partial charge in [0.05, 0.1) is 5.69 Å². The van der Waals surface area contributed by atoms with Crippen molar-refractivity contribution in [3.05, 3.63) is 30.0 Å². The van der Waals surface area contributed by atoms with Crippen LogP contribution in [0.15, 0.2) is 24.3 Å². The van der Waals surface area contributed by atoms with E-state index in [1.807, 2.05) is 31.2 Å². The van der Waals surface area contributed by atoms with Crippen LogP contribution in [-0.2, 0) is 6.54 Å². The molecule has 0 saturated heterocycles. The maximum absolute atomic E-state index is 5.36. The molecule has 0 aliphatic carbocycles. The molecular formula is C13H21N3O. The second-order valence-electron chi connectivity index (χ2n) is 4.27. The second-order valence-corrected chi connectivity index (χ2v) is 4.27. The standard InChI is InChI=1S/C13H21N3O/c1-4-5-8-17-13-7-6-12(15-16-13)10-14-9-11(2)3/h4-7,11,14H,8-10H2,1-3H3. The van der Waals surface area contributed by atoms with Crippen LogP contribution in [0.3, 0.4) is 0 Å². The summed E-state index contributed by atoms with van der Waals surface area (Å²) in [4.78, 5) is 0. The van der Waals surface area contributed by atoms with Gasteiger partial charge in [-0.2, -0.15) is 5.10 Å². The summed E-state index contributed by atoms with van der Waals surface area (Å²) in [6.07, 6.45) is 3.87. The number of allylic oxidation sites excluding steroid dienone is 1. The minimum Gasteiger partial charge on any atom is -0.472 e. The molecule has 1 rings (SSSR count). The van der Waals surface area contributed by atoms with Gasteiger partial charge < -0.3 is 10.1 Å². The quantitative estimate of drug-likeness (QED) is 0.736. The lowest BCUT2D eigenvalue weighted by Gasteiger charge is -2.06. The molecule has 0 atom stereocenters. The smallest absolute Gasteiger partial charge is 0.233 e. The molecule has 1 N–H and O–H groups in total. The van der Waals surface area contributed by atoms with E-state index >= 15 is 0 Å². The zero-order valence-corrected chi connectivity index (χ0v) is 10.8. The van der Waals surface area contributed by atoms with Crippen molar-refractivity contribution in [2.45, 2.75) is 27.3 Å². The van der Waals surface area contributed by atoms with E-state index in [4.69, 9.17) is 4.74 Å². The molecule has 1 aromatic rings. The van der Waals surface area contributed by atoms with Gasteiger partial charge in [0.1, 0.15) is 6.61 Å². The van der Waals surface area contributed by atoms with Crippen molar-refractivity contribution in [3.63, 3.8) is 0 Å². The van der Waals surface area contributed by atoms with Crippen LogP contribution in [0.1, 0.15) is 26.5 Å². The third-order valence-electron chi connectivity index (χ3n) is 2.12. The molecule has 0 fully saturated rings. The van der Waals surface area contributed by atoms with Crippen LogP contribution < -0.4 is 10.1 Å². The first-order valence-electron chi connectivity index (χ1n) is 5.99. The number of rotatable bonds is 7. The van der Waals surface area contributed by atoms with Gasteiger partial charge in [0, 0.05) is 12.6 Å². The fourth-order valence-corrected chi connectivity index (χ4v) is 1.24. The van der Waals surface area contributed by atoms with Gasteiger partial charge in [-0.25, -0.2) is 0 Å². The minimum absolute atomic E-state index is 0.538. The van der Waals surface area contributed by atoms with Crippen molar-refractivity contribution < 1.29 is 4.74 Å². The minimum atomic E-state index is 0.538. The summed E-state index contributed by atoms with van der Waals surface area (Å²) in [5.74, 6) is 1.21. The average Bonchev–Trinajstić information content (AvgIpc) is 2.31. The highest BCUT2D eigenvalue weighted by Crippen LogP contribution is 2.04. The molecule has 0 aromatic carbocycles. The van der Waals surface area contributed by atoms with Crippen molar-refractivity contribution in [3.8, 4) is 5.88 Å². The van der Waals surface area contributed by atoms with E-state index in [-0.39, 0.29) is 0 Å². The van der Waals surface area contributed by atoms with Crippen molar-refractivity contribution in [2.75, 3.05) is 13.2 Å². The molecule has 0 unspecified atom stereocenters. The van der Waals surface area contributed by atoms with Crippen LogP contribution >= 0.6 is 0 Å². The Morgan fingerprint density at radius 3 is 2.76 bits per heavy atom. The molecule has 1 heterocycles. The van der Waals surface area contributed by atoms with Gasteiger partial charge in [-0.3, -0.25) is 0 Å². The topological polar surface area (TPSA) is 47.0 Å². The fourth-order valence-electron chi connectivity index (χ4n) is 1.24. The molecule has 94 valence electrons. The summed E-state index contributed by atoms with van der Waals surface area (Å²) in [5, 5.41) is 11.4. The van der Waals surface area contributed by atoms with Gasteiger partial charge >= 0.3 is 0 Å². The van der Waals surface area contributed by atoms with Gasteiger partial charge in [0.15, 0.2) is 0 Å². The van der Waals surface area contributed by atoms with E-state index < -0.39 is 0 Å². The van der Waals surface area contributed by atoms with Crippen LogP contribution in [0.25, 0.3) is 0 Å². The lowest BCUT2D eigenvalue weighted by Crippen LogP contribution is -2.19. The summed E-state index contributed by atoms with van der Waals surface area (Å²) >= 11 is 0. The highest BCUT2D eigenvalue weighted by Gasteiger charge is 1.99. The Hall–Kier alpha value is -1.42. The van der Waals surface area contributed by atoms with E-state index in [0.717, 1.165) is 18.8 Å². The van der Waals surface area contributed by atoms with Crippen molar-refractivity contribution in [2.24, 2.45) is 5.92 Å². The molecule has 4 nitrogen and oxygen atoms in total. The maximum atomic E-state index is 5.36. The number of nitrogens with one attached hydrogen (secondary N) is 1. The Labute approximate surface area is 103 Å². The van der Waals surface area contributed by atoms with E-state index in [9.17, 15) is 0 Å². The lowest BCUT2D eigenvalue weighted by molar-refractivity contribution is 0.342. The SMILES string of the molecule is CC=CCOc1ccc(CNCC(C)C)nn1. The van der Waals surface area contributed by atoms with Crippen LogP contribution in [-0.4, -0.2) is 23.3 Å². The first kappa shape index (κ1) is 13.6. The zero-order valence-electron chi connectivity index (χ0n) is 10.8. The summed E-state index contributed by atoms with van der Waals surface area (Å²) in [6.45, 7) is 8.59. The van der Waals surface area contributed by atoms with Crippen molar-refractivity contribution in [1.82, 2.24) is 15.5 Å². The Bertz CT molecular complexity index is 333. The molecule has 0 radical (unpaired) electrons. The predicted octanol–water partition coefficient (Wildman–Crippen LogP) is 2.18. The highest BCUT2D eigenvalue weighted by molar-refractivity contribution is 5.11. The molecule has 4 heteroatoms. The molecular weight excluding hydrogens is 214 g/mol.